The minimum absolute atomic E-state index is 0.972. The Morgan fingerprint density at radius 3 is 3.09 bits per heavy atom. The van der Waals surface area contributed by atoms with Gasteiger partial charge in [-0.2, -0.15) is 0 Å². The molecule has 0 aromatic carbocycles. The predicted molar refractivity (Wildman–Crippen MR) is 44.2 cm³/mol. The van der Waals surface area contributed by atoms with E-state index in [2.05, 4.69) is 11.4 Å². The van der Waals surface area contributed by atoms with Crippen molar-refractivity contribution in [2.75, 3.05) is 13.1 Å². The van der Waals surface area contributed by atoms with E-state index >= 15 is 0 Å². The van der Waals surface area contributed by atoms with Gasteiger partial charge in [0.15, 0.2) is 0 Å². The van der Waals surface area contributed by atoms with Crippen LogP contribution in [0.4, 0.5) is 0 Å². The van der Waals surface area contributed by atoms with Gasteiger partial charge in [-0.15, -0.1) is 0 Å². The van der Waals surface area contributed by atoms with Gasteiger partial charge in [0.1, 0.15) is 0 Å². The molecule has 0 saturated heterocycles. The van der Waals surface area contributed by atoms with Crippen LogP contribution in [0.25, 0.3) is 5.57 Å². The molecule has 0 bridgehead atoms. The van der Waals surface area contributed by atoms with Crippen molar-refractivity contribution in [1.29, 1.82) is 0 Å². The maximum atomic E-state index is 5.00. The third-order valence-electron chi connectivity index (χ3n) is 1.92. The Labute approximate surface area is 65.9 Å². The molecule has 2 heterocycles. The summed E-state index contributed by atoms with van der Waals surface area (Å²) in [6.07, 6.45) is 6.89. The van der Waals surface area contributed by atoms with Crippen molar-refractivity contribution in [2.45, 2.75) is 6.42 Å². The second kappa shape index (κ2) is 2.93. The van der Waals surface area contributed by atoms with Gasteiger partial charge >= 0.3 is 0 Å². The summed E-state index contributed by atoms with van der Waals surface area (Å²) in [5.41, 5.74) is 2.56. The van der Waals surface area contributed by atoms with Crippen LogP contribution >= 0.6 is 0 Å². The molecular formula is C9H11NO. The van der Waals surface area contributed by atoms with Crippen LogP contribution in [0.5, 0.6) is 0 Å². The molecule has 2 nitrogen and oxygen atoms in total. The Morgan fingerprint density at radius 2 is 2.45 bits per heavy atom. The molecule has 2 heteroatoms. The van der Waals surface area contributed by atoms with Crippen molar-refractivity contribution in [3.05, 3.63) is 30.2 Å². The van der Waals surface area contributed by atoms with E-state index in [0.29, 0.717) is 0 Å². The highest BCUT2D eigenvalue weighted by Crippen LogP contribution is 2.16. The molecule has 0 amide bonds. The van der Waals surface area contributed by atoms with Gasteiger partial charge in [-0.1, -0.05) is 6.08 Å². The van der Waals surface area contributed by atoms with E-state index in [-0.39, 0.29) is 0 Å². The summed E-state index contributed by atoms with van der Waals surface area (Å²) >= 11 is 0. The highest BCUT2D eigenvalue weighted by atomic mass is 16.3. The summed E-state index contributed by atoms with van der Waals surface area (Å²) < 4.78 is 5.00. The van der Waals surface area contributed by atoms with E-state index in [1.807, 2.05) is 6.07 Å². The summed E-state index contributed by atoms with van der Waals surface area (Å²) in [6.45, 7) is 2.07. The van der Waals surface area contributed by atoms with Crippen molar-refractivity contribution in [1.82, 2.24) is 5.32 Å². The third kappa shape index (κ3) is 1.35. The van der Waals surface area contributed by atoms with Gasteiger partial charge in [0.25, 0.3) is 0 Å². The maximum absolute atomic E-state index is 5.00. The molecule has 0 atom stereocenters. The summed E-state index contributed by atoms with van der Waals surface area (Å²) in [7, 11) is 0. The zero-order valence-electron chi connectivity index (χ0n) is 6.34. The Kier molecular flexibility index (Phi) is 1.78. The second-order valence-corrected chi connectivity index (χ2v) is 2.71. The lowest BCUT2D eigenvalue weighted by Crippen LogP contribution is -2.21. The molecule has 0 saturated carbocycles. The molecule has 11 heavy (non-hydrogen) atoms. The smallest absolute Gasteiger partial charge is 0.0978 e. The van der Waals surface area contributed by atoms with Crippen molar-refractivity contribution in [3.63, 3.8) is 0 Å². The normalized spacial score (nSPS) is 18.0. The van der Waals surface area contributed by atoms with E-state index in [0.717, 1.165) is 19.5 Å². The summed E-state index contributed by atoms with van der Waals surface area (Å²) in [6, 6.07) is 2.00. The summed E-state index contributed by atoms with van der Waals surface area (Å²) in [4.78, 5) is 0. The minimum atomic E-state index is 0.972. The first-order chi connectivity index (χ1) is 5.47. The first-order valence-electron chi connectivity index (χ1n) is 3.89. The molecule has 58 valence electrons. The van der Waals surface area contributed by atoms with Crippen molar-refractivity contribution >= 4 is 5.57 Å². The maximum Gasteiger partial charge on any atom is 0.0978 e. The fraction of sp³-hybridized carbons (Fsp3) is 0.333. The van der Waals surface area contributed by atoms with Crippen LogP contribution in [0.3, 0.4) is 0 Å². The highest BCUT2D eigenvalue weighted by Gasteiger charge is 2.05. The number of rotatable bonds is 1. The fourth-order valence-electron chi connectivity index (χ4n) is 1.31. The standard InChI is InChI=1S/C9H11NO/c1-2-8(6-10-4-1)9-3-5-11-7-9/h2-3,5,7,10H,1,4,6H2. The van der Waals surface area contributed by atoms with Gasteiger partial charge in [-0.3, -0.25) is 0 Å². The second-order valence-electron chi connectivity index (χ2n) is 2.71. The van der Waals surface area contributed by atoms with Crippen LogP contribution in [0.1, 0.15) is 12.0 Å². The average Bonchev–Trinajstić information content (AvgIpc) is 2.58. The fourth-order valence-corrected chi connectivity index (χ4v) is 1.31. The van der Waals surface area contributed by atoms with Crippen LogP contribution in [0, 0.1) is 0 Å². The number of hydrogen-bond donors (Lipinski definition) is 1. The lowest BCUT2D eigenvalue weighted by molar-refractivity contribution is 0.566. The van der Waals surface area contributed by atoms with Crippen LogP contribution in [-0.4, -0.2) is 13.1 Å². The molecule has 0 spiro atoms. The summed E-state index contributed by atoms with van der Waals surface area (Å²) in [5.74, 6) is 0. The Balaban J connectivity index is 2.22. The molecule has 0 fully saturated rings. The van der Waals surface area contributed by atoms with Gasteiger partial charge in [-0.25, -0.2) is 0 Å². The van der Waals surface area contributed by atoms with Crippen molar-refractivity contribution in [2.24, 2.45) is 0 Å². The average molecular weight is 149 g/mol. The number of hydrogen-bond acceptors (Lipinski definition) is 2. The molecule has 1 aromatic heterocycles. The summed E-state index contributed by atoms with van der Waals surface area (Å²) in [5, 5.41) is 3.31. The van der Waals surface area contributed by atoms with E-state index in [1.165, 1.54) is 11.1 Å². The molecule has 1 aliphatic heterocycles. The Bertz CT molecular complexity index is 249. The topological polar surface area (TPSA) is 25.2 Å². The van der Waals surface area contributed by atoms with Gasteiger partial charge in [0, 0.05) is 12.1 Å². The van der Waals surface area contributed by atoms with Gasteiger partial charge < -0.3 is 9.73 Å². The highest BCUT2D eigenvalue weighted by molar-refractivity contribution is 5.66. The van der Waals surface area contributed by atoms with Crippen molar-refractivity contribution < 1.29 is 4.42 Å². The van der Waals surface area contributed by atoms with Crippen LogP contribution in [-0.2, 0) is 0 Å². The van der Waals surface area contributed by atoms with Crippen LogP contribution in [0.2, 0.25) is 0 Å². The van der Waals surface area contributed by atoms with Gasteiger partial charge in [0.05, 0.1) is 12.5 Å². The Morgan fingerprint density at radius 1 is 1.45 bits per heavy atom. The van der Waals surface area contributed by atoms with E-state index < -0.39 is 0 Å². The monoisotopic (exact) mass is 149 g/mol. The molecule has 0 unspecified atom stereocenters. The van der Waals surface area contributed by atoms with Gasteiger partial charge in [-0.05, 0) is 24.6 Å². The minimum Gasteiger partial charge on any atom is -0.472 e. The van der Waals surface area contributed by atoms with Crippen molar-refractivity contribution in [3.8, 4) is 0 Å². The Hall–Kier alpha value is -1.02. The van der Waals surface area contributed by atoms with Gasteiger partial charge in [0.2, 0.25) is 0 Å². The lowest BCUT2D eigenvalue weighted by atomic mass is 10.1. The molecule has 0 radical (unpaired) electrons. The molecule has 0 aliphatic carbocycles. The number of furan rings is 1. The molecule has 1 N–H and O–H groups in total. The van der Waals surface area contributed by atoms with E-state index in [1.54, 1.807) is 12.5 Å². The number of nitrogens with one attached hydrogen (secondary N) is 1. The zero-order valence-corrected chi connectivity index (χ0v) is 6.34. The quantitative estimate of drug-likeness (QED) is 0.656. The predicted octanol–water partition coefficient (Wildman–Crippen LogP) is 1.66. The SMILES string of the molecule is C1=C(c2ccoc2)CNCC1. The van der Waals surface area contributed by atoms with E-state index in [9.17, 15) is 0 Å². The largest absolute Gasteiger partial charge is 0.472 e. The third-order valence-corrected chi connectivity index (χ3v) is 1.92. The molecule has 1 aliphatic rings. The van der Waals surface area contributed by atoms with Crippen LogP contribution in [0.15, 0.2) is 29.1 Å². The molecule has 2 rings (SSSR count). The van der Waals surface area contributed by atoms with E-state index in [4.69, 9.17) is 4.42 Å². The van der Waals surface area contributed by atoms with Crippen LogP contribution < -0.4 is 5.32 Å². The zero-order chi connectivity index (χ0) is 7.52. The first kappa shape index (κ1) is 6.68. The first-order valence-corrected chi connectivity index (χ1v) is 3.89. The molecule has 1 aromatic rings. The molecular weight excluding hydrogens is 138 g/mol. The lowest BCUT2D eigenvalue weighted by Gasteiger charge is -2.11.